The van der Waals surface area contributed by atoms with Gasteiger partial charge in [0.25, 0.3) is 5.91 Å². The van der Waals surface area contributed by atoms with E-state index in [0.29, 0.717) is 11.7 Å². The first-order valence-electron chi connectivity index (χ1n) is 6.45. The van der Waals surface area contributed by atoms with Crippen LogP contribution in [0.4, 0.5) is 5.82 Å². The molecule has 2 aromatic rings. The molecule has 1 aliphatic carbocycles. The number of rotatable bonds is 3. The van der Waals surface area contributed by atoms with Crippen molar-refractivity contribution in [1.82, 2.24) is 24.8 Å². The van der Waals surface area contributed by atoms with E-state index in [0.717, 1.165) is 18.7 Å². The molecule has 0 bridgehead atoms. The molecule has 1 aliphatic rings. The minimum Gasteiger partial charge on any atom is -0.305 e. The van der Waals surface area contributed by atoms with Crippen molar-refractivity contribution in [2.24, 2.45) is 7.05 Å². The molecule has 0 atom stereocenters. The van der Waals surface area contributed by atoms with Gasteiger partial charge in [0, 0.05) is 13.1 Å². The highest BCUT2D eigenvalue weighted by Crippen LogP contribution is 2.31. The highest BCUT2D eigenvalue weighted by atomic mass is 16.2. The predicted octanol–water partition coefficient (Wildman–Crippen LogP) is 1.38. The quantitative estimate of drug-likeness (QED) is 0.904. The summed E-state index contributed by atoms with van der Waals surface area (Å²) >= 11 is 0. The molecular formula is C12H16N6O. The molecular weight excluding hydrogens is 244 g/mol. The fraction of sp³-hybridized carbons (Fsp3) is 0.500. The largest absolute Gasteiger partial charge is 0.305 e. The summed E-state index contributed by atoms with van der Waals surface area (Å²) in [6.07, 6.45) is 7.99. The van der Waals surface area contributed by atoms with Gasteiger partial charge in [0.05, 0.1) is 18.4 Å². The lowest BCUT2D eigenvalue weighted by Gasteiger charge is -2.14. The molecule has 0 spiro atoms. The van der Waals surface area contributed by atoms with E-state index in [4.69, 9.17) is 0 Å². The monoisotopic (exact) mass is 260 g/mol. The second-order valence-electron chi connectivity index (χ2n) is 4.83. The van der Waals surface area contributed by atoms with Crippen LogP contribution >= 0.6 is 0 Å². The summed E-state index contributed by atoms with van der Waals surface area (Å²) in [4.78, 5) is 12.0. The van der Waals surface area contributed by atoms with Crippen LogP contribution in [0.5, 0.6) is 0 Å². The number of nitrogens with one attached hydrogen (secondary N) is 1. The molecule has 100 valence electrons. The Morgan fingerprint density at radius 3 is 2.89 bits per heavy atom. The number of hydrogen-bond donors (Lipinski definition) is 1. The molecule has 0 aliphatic heterocycles. The summed E-state index contributed by atoms with van der Waals surface area (Å²) in [7, 11) is 1.73. The third-order valence-corrected chi connectivity index (χ3v) is 3.42. The zero-order chi connectivity index (χ0) is 13.2. The number of aromatic nitrogens is 5. The SMILES string of the molecule is Cn1cc(C(=O)Nc2ccnn2C2CCCC2)nn1. The zero-order valence-electron chi connectivity index (χ0n) is 10.8. The Hall–Kier alpha value is -2.18. The first kappa shape index (κ1) is 11.9. The number of amides is 1. The maximum Gasteiger partial charge on any atom is 0.278 e. The molecule has 19 heavy (non-hydrogen) atoms. The highest BCUT2D eigenvalue weighted by Gasteiger charge is 2.21. The van der Waals surface area contributed by atoms with Gasteiger partial charge in [-0.2, -0.15) is 5.10 Å². The molecule has 1 fully saturated rings. The Labute approximate surface area is 110 Å². The maximum atomic E-state index is 12.0. The lowest BCUT2D eigenvalue weighted by atomic mass is 10.2. The topological polar surface area (TPSA) is 77.6 Å². The summed E-state index contributed by atoms with van der Waals surface area (Å²) in [6, 6.07) is 2.21. The molecule has 0 saturated heterocycles. The molecule has 0 radical (unpaired) electrons. The lowest BCUT2D eigenvalue weighted by Crippen LogP contribution is -2.18. The average molecular weight is 260 g/mol. The molecule has 0 aromatic carbocycles. The average Bonchev–Trinajstić information content (AvgIpc) is 3.07. The van der Waals surface area contributed by atoms with Crippen molar-refractivity contribution < 1.29 is 4.79 Å². The van der Waals surface area contributed by atoms with Gasteiger partial charge in [-0.3, -0.25) is 9.48 Å². The van der Waals surface area contributed by atoms with Crippen molar-refractivity contribution >= 4 is 11.7 Å². The number of anilines is 1. The smallest absolute Gasteiger partial charge is 0.278 e. The highest BCUT2D eigenvalue weighted by molar-refractivity contribution is 6.02. The Balaban J connectivity index is 1.76. The van der Waals surface area contributed by atoms with Gasteiger partial charge in [0.1, 0.15) is 5.82 Å². The summed E-state index contributed by atoms with van der Waals surface area (Å²) in [5.41, 5.74) is 0.307. The second kappa shape index (κ2) is 4.83. The first-order chi connectivity index (χ1) is 9.24. The normalized spacial score (nSPS) is 15.8. The van der Waals surface area contributed by atoms with Gasteiger partial charge in [0.2, 0.25) is 0 Å². The third kappa shape index (κ3) is 2.35. The molecule has 1 N–H and O–H groups in total. The number of aryl methyl sites for hydroxylation is 1. The third-order valence-electron chi connectivity index (χ3n) is 3.42. The molecule has 0 unspecified atom stereocenters. The van der Waals surface area contributed by atoms with Crippen molar-refractivity contribution in [3.05, 3.63) is 24.2 Å². The van der Waals surface area contributed by atoms with Crippen LogP contribution in [0.25, 0.3) is 0 Å². The van der Waals surface area contributed by atoms with Crippen LogP contribution in [-0.2, 0) is 7.05 Å². The van der Waals surface area contributed by atoms with Crippen molar-refractivity contribution in [2.75, 3.05) is 5.32 Å². The zero-order valence-corrected chi connectivity index (χ0v) is 10.8. The van der Waals surface area contributed by atoms with Gasteiger partial charge < -0.3 is 5.32 Å². The van der Waals surface area contributed by atoms with Crippen LogP contribution in [0, 0.1) is 0 Å². The summed E-state index contributed by atoms with van der Waals surface area (Å²) in [6.45, 7) is 0. The van der Waals surface area contributed by atoms with Crippen LogP contribution in [0.2, 0.25) is 0 Å². The molecule has 7 heteroatoms. The van der Waals surface area contributed by atoms with Crippen molar-refractivity contribution in [3.63, 3.8) is 0 Å². The Kier molecular flexibility index (Phi) is 3.02. The van der Waals surface area contributed by atoms with Crippen LogP contribution < -0.4 is 5.32 Å². The van der Waals surface area contributed by atoms with Gasteiger partial charge in [-0.25, -0.2) is 4.68 Å². The van der Waals surface area contributed by atoms with Gasteiger partial charge in [-0.15, -0.1) is 5.10 Å². The van der Waals surface area contributed by atoms with E-state index >= 15 is 0 Å². The van der Waals surface area contributed by atoms with E-state index in [2.05, 4.69) is 20.7 Å². The predicted molar refractivity (Wildman–Crippen MR) is 68.7 cm³/mol. The fourth-order valence-electron chi connectivity index (χ4n) is 2.48. The molecule has 7 nitrogen and oxygen atoms in total. The van der Waals surface area contributed by atoms with E-state index in [9.17, 15) is 4.79 Å². The van der Waals surface area contributed by atoms with Gasteiger partial charge in [-0.05, 0) is 12.8 Å². The minimum atomic E-state index is -0.257. The first-order valence-corrected chi connectivity index (χ1v) is 6.45. The van der Waals surface area contributed by atoms with E-state index in [1.54, 1.807) is 19.4 Å². The van der Waals surface area contributed by atoms with Crippen LogP contribution in [0.1, 0.15) is 42.2 Å². The van der Waals surface area contributed by atoms with Gasteiger partial charge >= 0.3 is 0 Å². The van der Waals surface area contributed by atoms with Gasteiger partial charge in [0.15, 0.2) is 5.69 Å². The molecule has 1 amide bonds. The van der Waals surface area contributed by atoms with Crippen LogP contribution in [0.15, 0.2) is 18.5 Å². The standard InChI is InChI=1S/C12H16N6O/c1-17-8-10(15-16-17)12(19)14-11-6-7-13-18(11)9-4-2-3-5-9/h6-9H,2-5H2,1H3,(H,14,19). The summed E-state index contributed by atoms with van der Waals surface area (Å²) in [5, 5.41) is 14.7. The van der Waals surface area contributed by atoms with E-state index in [-0.39, 0.29) is 5.91 Å². The summed E-state index contributed by atoms with van der Waals surface area (Å²) in [5.74, 6) is 0.468. The summed E-state index contributed by atoms with van der Waals surface area (Å²) < 4.78 is 3.41. The minimum absolute atomic E-state index is 0.257. The molecule has 1 saturated carbocycles. The van der Waals surface area contributed by atoms with Crippen LogP contribution in [0.3, 0.4) is 0 Å². The molecule has 3 rings (SSSR count). The van der Waals surface area contributed by atoms with E-state index < -0.39 is 0 Å². The Bertz CT molecular complexity index is 581. The van der Waals surface area contributed by atoms with Gasteiger partial charge in [-0.1, -0.05) is 18.1 Å². The lowest BCUT2D eigenvalue weighted by molar-refractivity contribution is 0.102. The number of carbonyl (C=O) groups is 1. The maximum absolute atomic E-state index is 12.0. The number of nitrogens with zero attached hydrogens (tertiary/aromatic N) is 5. The number of hydrogen-bond acceptors (Lipinski definition) is 4. The molecule has 2 heterocycles. The van der Waals surface area contributed by atoms with Crippen LogP contribution in [-0.4, -0.2) is 30.7 Å². The van der Waals surface area contributed by atoms with Crippen molar-refractivity contribution in [3.8, 4) is 0 Å². The van der Waals surface area contributed by atoms with E-state index in [1.165, 1.54) is 17.5 Å². The van der Waals surface area contributed by atoms with Crippen molar-refractivity contribution in [1.29, 1.82) is 0 Å². The Morgan fingerprint density at radius 1 is 1.42 bits per heavy atom. The second-order valence-corrected chi connectivity index (χ2v) is 4.83. The van der Waals surface area contributed by atoms with E-state index in [1.807, 2.05) is 10.7 Å². The number of carbonyl (C=O) groups excluding carboxylic acids is 1. The Morgan fingerprint density at radius 2 is 2.21 bits per heavy atom. The fourth-order valence-corrected chi connectivity index (χ4v) is 2.48. The van der Waals surface area contributed by atoms with Crippen molar-refractivity contribution in [2.45, 2.75) is 31.7 Å². The molecule has 2 aromatic heterocycles.